The molecule has 0 saturated carbocycles. The third-order valence-corrected chi connectivity index (χ3v) is 1.45. The molecule has 0 unspecified atom stereocenters. The van der Waals surface area contributed by atoms with Gasteiger partial charge in [-0.3, -0.25) is 0 Å². The van der Waals surface area contributed by atoms with Gasteiger partial charge >= 0.3 is 0 Å². The number of hydrogen-bond donors (Lipinski definition) is 3. The zero-order valence-corrected chi connectivity index (χ0v) is 8.21. The third-order valence-electron chi connectivity index (χ3n) is 1.16. The molecule has 0 rings (SSSR count). The van der Waals surface area contributed by atoms with Crippen molar-refractivity contribution < 1.29 is 14.6 Å². The molecule has 0 aromatic rings. The maximum atomic E-state index is 9.04. The van der Waals surface area contributed by atoms with Crippen LogP contribution in [0.25, 0.3) is 0 Å². The van der Waals surface area contributed by atoms with E-state index in [0.29, 0.717) is 23.5 Å². The summed E-state index contributed by atoms with van der Waals surface area (Å²) < 4.78 is 4.70. The van der Waals surface area contributed by atoms with Gasteiger partial charge in [0, 0.05) is 6.42 Å². The molecule has 62 valence electrons. The number of rotatable bonds is 5. The van der Waals surface area contributed by atoms with E-state index in [-0.39, 0.29) is 13.0 Å². The summed E-state index contributed by atoms with van der Waals surface area (Å²) >= 11 is 0. The standard InChI is InChI=1S/C5H15NO3Si/c6-3-1-2-5(7,8)4-9-10/h7-8H,1-4,6H2,10H3. The van der Waals surface area contributed by atoms with Crippen molar-refractivity contribution in [3.8, 4) is 0 Å². The van der Waals surface area contributed by atoms with Crippen LogP contribution >= 0.6 is 0 Å². The second kappa shape index (κ2) is 4.81. The fraction of sp³-hybridized carbons (Fsp3) is 1.00. The number of nitrogens with two attached hydrogens (primary N) is 1. The van der Waals surface area contributed by atoms with Crippen molar-refractivity contribution in [1.82, 2.24) is 0 Å². The molecule has 0 saturated heterocycles. The summed E-state index contributed by atoms with van der Waals surface area (Å²) in [6.45, 7) is 0.475. The summed E-state index contributed by atoms with van der Waals surface area (Å²) in [6, 6.07) is 0. The predicted octanol–water partition coefficient (Wildman–Crippen LogP) is -2.30. The van der Waals surface area contributed by atoms with E-state index in [9.17, 15) is 0 Å². The first-order valence-electron chi connectivity index (χ1n) is 3.26. The molecule has 0 aromatic carbocycles. The number of hydrogen-bond acceptors (Lipinski definition) is 4. The first kappa shape index (κ1) is 10.1. The molecule has 10 heavy (non-hydrogen) atoms. The molecule has 4 nitrogen and oxygen atoms in total. The summed E-state index contributed by atoms with van der Waals surface area (Å²) in [7, 11) is 0.527. The van der Waals surface area contributed by atoms with Crippen molar-refractivity contribution in [2.45, 2.75) is 18.6 Å². The zero-order chi connectivity index (χ0) is 8.04. The lowest BCUT2D eigenvalue weighted by atomic mass is 10.1. The fourth-order valence-corrected chi connectivity index (χ4v) is 1.15. The van der Waals surface area contributed by atoms with Gasteiger partial charge in [0.2, 0.25) is 0 Å². The van der Waals surface area contributed by atoms with Crippen molar-refractivity contribution in [3.63, 3.8) is 0 Å². The molecule has 0 aromatic heterocycles. The first-order valence-corrected chi connectivity index (χ1v) is 4.08. The van der Waals surface area contributed by atoms with Crippen LogP contribution in [-0.2, 0) is 4.43 Å². The van der Waals surface area contributed by atoms with Gasteiger partial charge in [0.25, 0.3) is 0 Å². The van der Waals surface area contributed by atoms with Crippen molar-refractivity contribution in [1.29, 1.82) is 0 Å². The molecule has 0 radical (unpaired) electrons. The molecule has 4 N–H and O–H groups in total. The average Bonchev–Trinajstić information content (AvgIpc) is 1.84. The maximum absolute atomic E-state index is 9.04. The minimum atomic E-state index is -1.67. The second-order valence-electron chi connectivity index (χ2n) is 2.31. The van der Waals surface area contributed by atoms with Crippen LogP contribution in [0.1, 0.15) is 12.8 Å². The van der Waals surface area contributed by atoms with E-state index in [1.807, 2.05) is 0 Å². The molecule has 0 aliphatic heterocycles. The summed E-state index contributed by atoms with van der Waals surface area (Å²) in [4.78, 5) is 0. The zero-order valence-electron chi connectivity index (χ0n) is 6.21. The maximum Gasteiger partial charge on any atom is 0.185 e. The highest BCUT2D eigenvalue weighted by Crippen LogP contribution is 2.07. The molecular weight excluding hydrogens is 150 g/mol. The van der Waals surface area contributed by atoms with Crippen molar-refractivity contribution >= 4 is 10.5 Å². The van der Waals surface area contributed by atoms with Crippen LogP contribution in [0.4, 0.5) is 0 Å². The van der Waals surface area contributed by atoms with Gasteiger partial charge in [-0.15, -0.1) is 0 Å². The van der Waals surface area contributed by atoms with Crippen LogP contribution in [0, 0.1) is 0 Å². The quantitative estimate of drug-likeness (QED) is 0.316. The Morgan fingerprint density at radius 2 is 2.10 bits per heavy atom. The Kier molecular flexibility index (Phi) is 4.84. The summed E-state index contributed by atoms with van der Waals surface area (Å²) in [5.74, 6) is -1.67. The van der Waals surface area contributed by atoms with E-state index in [0.717, 1.165) is 0 Å². The largest absolute Gasteiger partial charge is 0.422 e. The van der Waals surface area contributed by atoms with E-state index in [1.165, 1.54) is 0 Å². The molecule has 0 atom stereocenters. The highest BCUT2D eigenvalue weighted by molar-refractivity contribution is 5.97. The SMILES string of the molecule is NCCCC(O)(O)CO[SiH3]. The van der Waals surface area contributed by atoms with E-state index in [4.69, 9.17) is 20.4 Å². The second-order valence-corrected chi connectivity index (χ2v) is 2.89. The molecule has 0 aliphatic rings. The fourth-order valence-electron chi connectivity index (χ4n) is 0.689. The van der Waals surface area contributed by atoms with Crippen LogP contribution in [0.5, 0.6) is 0 Å². The van der Waals surface area contributed by atoms with Gasteiger partial charge in [-0.05, 0) is 13.0 Å². The highest BCUT2D eigenvalue weighted by Gasteiger charge is 2.20. The molecular formula is C5H15NO3Si. The lowest BCUT2D eigenvalue weighted by Crippen LogP contribution is -2.34. The lowest BCUT2D eigenvalue weighted by Gasteiger charge is -2.20. The van der Waals surface area contributed by atoms with Crippen LogP contribution in [0.15, 0.2) is 0 Å². The Balaban J connectivity index is 3.42. The molecule has 0 bridgehead atoms. The van der Waals surface area contributed by atoms with Gasteiger partial charge in [0.05, 0.1) is 6.61 Å². The first-order chi connectivity index (χ1) is 4.62. The minimum absolute atomic E-state index is 0.000772. The van der Waals surface area contributed by atoms with E-state index in [2.05, 4.69) is 0 Å². The van der Waals surface area contributed by atoms with Crippen molar-refractivity contribution in [2.24, 2.45) is 5.73 Å². The van der Waals surface area contributed by atoms with Crippen molar-refractivity contribution in [3.05, 3.63) is 0 Å². The van der Waals surface area contributed by atoms with Crippen LogP contribution in [0.3, 0.4) is 0 Å². The topological polar surface area (TPSA) is 75.7 Å². The molecule has 0 fully saturated rings. The molecule has 0 spiro atoms. The van der Waals surface area contributed by atoms with Gasteiger partial charge < -0.3 is 20.4 Å². The third kappa shape index (κ3) is 4.89. The van der Waals surface area contributed by atoms with Gasteiger partial charge in [-0.1, -0.05) is 0 Å². The molecule has 0 aliphatic carbocycles. The van der Waals surface area contributed by atoms with E-state index in [1.54, 1.807) is 0 Å². The Labute approximate surface area is 63.5 Å². The Bertz CT molecular complexity index is 89.0. The Morgan fingerprint density at radius 1 is 1.50 bits per heavy atom. The highest BCUT2D eigenvalue weighted by atomic mass is 28.2. The van der Waals surface area contributed by atoms with Crippen LogP contribution in [-0.4, -0.2) is 39.6 Å². The van der Waals surface area contributed by atoms with Gasteiger partial charge in [-0.2, -0.15) is 0 Å². The minimum Gasteiger partial charge on any atom is -0.422 e. The predicted molar refractivity (Wildman–Crippen MR) is 41.3 cm³/mol. The summed E-state index contributed by atoms with van der Waals surface area (Å²) in [5, 5.41) is 18.1. The number of aliphatic hydroxyl groups is 2. The lowest BCUT2D eigenvalue weighted by molar-refractivity contribution is -0.185. The summed E-state index contributed by atoms with van der Waals surface area (Å²) in [6.07, 6.45) is 0.893. The molecule has 5 heteroatoms. The average molecular weight is 165 g/mol. The Morgan fingerprint density at radius 3 is 2.50 bits per heavy atom. The molecule has 0 amide bonds. The Hall–Kier alpha value is 0.0569. The van der Waals surface area contributed by atoms with E-state index < -0.39 is 5.79 Å². The normalized spacial score (nSPS) is 12.3. The molecule has 0 heterocycles. The monoisotopic (exact) mass is 165 g/mol. The van der Waals surface area contributed by atoms with Crippen molar-refractivity contribution in [2.75, 3.05) is 13.2 Å². The van der Waals surface area contributed by atoms with Gasteiger partial charge in [0.15, 0.2) is 5.79 Å². The summed E-state index contributed by atoms with van der Waals surface area (Å²) in [5.41, 5.74) is 5.18. The smallest absolute Gasteiger partial charge is 0.185 e. The van der Waals surface area contributed by atoms with Crippen LogP contribution < -0.4 is 5.73 Å². The van der Waals surface area contributed by atoms with Gasteiger partial charge in [0.1, 0.15) is 10.5 Å². The van der Waals surface area contributed by atoms with Crippen LogP contribution in [0.2, 0.25) is 0 Å². The van der Waals surface area contributed by atoms with E-state index >= 15 is 0 Å². The van der Waals surface area contributed by atoms with Gasteiger partial charge in [-0.25, -0.2) is 0 Å².